The third kappa shape index (κ3) is 6.72. The third-order valence-electron chi connectivity index (χ3n) is 7.45. The molecule has 2 heterocycles. The molecule has 2 N–H and O–H groups in total. The third-order valence-corrected chi connectivity index (χ3v) is 8.57. The van der Waals surface area contributed by atoms with Crippen molar-refractivity contribution in [3.05, 3.63) is 65.5 Å². The maximum absolute atomic E-state index is 13.7. The van der Waals surface area contributed by atoms with Crippen LogP contribution in [0.15, 0.2) is 48.5 Å². The fourth-order valence-electron chi connectivity index (χ4n) is 5.20. The van der Waals surface area contributed by atoms with E-state index in [1.807, 2.05) is 36.4 Å². The molecule has 0 spiro atoms. The van der Waals surface area contributed by atoms with Crippen molar-refractivity contribution >= 4 is 59.2 Å². The van der Waals surface area contributed by atoms with Gasteiger partial charge in [-0.1, -0.05) is 43.7 Å². The van der Waals surface area contributed by atoms with Crippen molar-refractivity contribution in [1.82, 2.24) is 30.6 Å². The molecule has 0 aliphatic carbocycles. The summed E-state index contributed by atoms with van der Waals surface area (Å²) in [5.41, 5.74) is 4.44. The number of nitrogens with one attached hydrogen (secondary N) is 2. The standard InChI is InChI=1S/C32H34N7O3.Po/c1-4-6-8-27(40)34-18-19-39-31(41)24-14-13-23(21-9-11-22(12-10-21)30-37-35-20(3)36-38-30)29-26(33-17-7-5-2)16-15-25(28(24)29)32(39)42;/h9-16,33H,1,4-8,17-19H2,2-3H3,(H,34,40);. The van der Waals surface area contributed by atoms with E-state index in [0.29, 0.717) is 34.6 Å². The fraction of sp³-hybridized carbons (Fsp3) is 0.344. The molecule has 1 aromatic heterocycles. The van der Waals surface area contributed by atoms with Crippen molar-refractivity contribution in [2.24, 2.45) is 0 Å². The summed E-state index contributed by atoms with van der Waals surface area (Å²) in [6.07, 6.45) is 4.36. The summed E-state index contributed by atoms with van der Waals surface area (Å²) in [6.45, 7) is 4.98. The van der Waals surface area contributed by atoms with Crippen molar-refractivity contribution in [3.8, 4) is 22.5 Å². The van der Waals surface area contributed by atoms with E-state index in [2.05, 4.69) is 38.0 Å². The molecular formula is C32H34N7O3Po. The Kier molecular flexibility index (Phi) is 10.0. The van der Waals surface area contributed by atoms with E-state index >= 15 is 0 Å². The number of carbonyl (C=O) groups excluding carboxylic acids is 3. The zero-order valence-corrected chi connectivity index (χ0v) is 27.5. The van der Waals surface area contributed by atoms with Gasteiger partial charge in [0.15, 0.2) is 5.82 Å². The predicted molar refractivity (Wildman–Crippen MR) is 167 cm³/mol. The van der Waals surface area contributed by atoms with E-state index in [9.17, 15) is 14.4 Å². The molecule has 0 saturated carbocycles. The van der Waals surface area contributed by atoms with Crippen molar-refractivity contribution in [2.75, 3.05) is 25.0 Å². The molecule has 3 amide bonds. The molecular weight excluding hydrogens is 739 g/mol. The van der Waals surface area contributed by atoms with Gasteiger partial charge < -0.3 is 5.32 Å². The molecule has 1 aliphatic heterocycles. The Morgan fingerprint density at radius 1 is 0.791 bits per heavy atom. The minimum absolute atomic E-state index is 0.0530. The molecule has 0 bridgehead atoms. The van der Waals surface area contributed by atoms with Gasteiger partial charge in [-0.05, 0) is 30.5 Å². The second-order valence-corrected chi connectivity index (χ2v) is 12.1. The van der Waals surface area contributed by atoms with Crippen molar-refractivity contribution < 1.29 is 14.4 Å². The predicted octanol–water partition coefficient (Wildman–Crippen LogP) is 4.74. The Morgan fingerprint density at radius 3 is 2.12 bits per heavy atom. The van der Waals surface area contributed by atoms with Gasteiger partial charge in [0.2, 0.25) is 5.82 Å². The molecule has 4 aromatic rings. The summed E-state index contributed by atoms with van der Waals surface area (Å²) in [6, 6.07) is 15.2. The Hall–Kier alpha value is -3.83. The first kappa shape index (κ1) is 30.6. The average molecular weight is 774 g/mol. The van der Waals surface area contributed by atoms with E-state index in [0.717, 1.165) is 64.1 Å². The molecule has 0 fully saturated rings. The van der Waals surface area contributed by atoms with E-state index < -0.39 is 0 Å². The zero-order chi connectivity index (χ0) is 30.3. The van der Waals surface area contributed by atoms with Crippen LogP contribution in [-0.4, -0.2) is 87.7 Å². The van der Waals surface area contributed by atoms with Gasteiger partial charge in [0, 0.05) is 23.2 Å². The summed E-state index contributed by atoms with van der Waals surface area (Å²) in [5, 5.41) is 24.1. The summed E-state index contributed by atoms with van der Waals surface area (Å²) in [7, 11) is 0. The summed E-state index contributed by atoms with van der Waals surface area (Å²) in [5.74, 6) is 0.181. The van der Waals surface area contributed by atoms with E-state index in [4.69, 9.17) is 0 Å². The van der Waals surface area contributed by atoms with Crippen molar-refractivity contribution in [1.29, 1.82) is 0 Å². The molecule has 1 radical (unpaired) electrons. The van der Waals surface area contributed by atoms with Crippen LogP contribution in [-0.2, 0) is 4.79 Å². The maximum atomic E-state index is 13.7. The monoisotopic (exact) mass is 773 g/mol. The van der Waals surface area contributed by atoms with Crippen LogP contribution in [0.5, 0.6) is 0 Å². The van der Waals surface area contributed by atoms with E-state index in [-0.39, 0.29) is 30.8 Å². The Bertz CT molecular complexity index is 1620. The number of anilines is 1. The number of benzene rings is 3. The molecule has 221 valence electrons. The molecule has 10 nitrogen and oxygen atoms in total. The van der Waals surface area contributed by atoms with Gasteiger partial charge in [0.05, 0.1) is 0 Å². The van der Waals surface area contributed by atoms with Gasteiger partial charge in [-0.15, -0.1) is 20.4 Å². The van der Waals surface area contributed by atoms with Crippen molar-refractivity contribution in [3.63, 3.8) is 0 Å². The van der Waals surface area contributed by atoms with Crippen LogP contribution in [0.4, 0.5) is 5.69 Å². The molecule has 0 unspecified atom stereocenters. The van der Waals surface area contributed by atoms with Gasteiger partial charge in [0.25, 0.3) is 0 Å². The number of imide groups is 1. The Labute approximate surface area is 266 Å². The molecule has 43 heavy (non-hydrogen) atoms. The second-order valence-electron chi connectivity index (χ2n) is 10.5. The van der Waals surface area contributed by atoms with Crippen LogP contribution in [0, 0.1) is 6.92 Å². The normalized spacial score (nSPS) is 12.6. The second kappa shape index (κ2) is 14.1. The number of rotatable bonds is 13. The van der Waals surface area contributed by atoms with Gasteiger partial charge in [-0.25, -0.2) is 0 Å². The number of amides is 3. The van der Waals surface area contributed by atoms with Crippen LogP contribution in [0.25, 0.3) is 33.3 Å². The first-order valence-electron chi connectivity index (χ1n) is 14.6. The average Bonchev–Trinajstić information content (AvgIpc) is 3.02. The zero-order valence-electron chi connectivity index (χ0n) is 24.4. The summed E-state index contributed by atoms with van der Waals surface area (Å²) < 4.78 is 1.12. The molecule has 11 heteroatoms. The molecule has 0 atom stereocenters. The van der Waals surface area contributed by atoms with E-state index in [1.54, 1.807) is 19.1 Å². The van der Waals surface area contributed by atoms with Crippen molar-refractivity contribution in [2.45, 2.75) is 50.0 Å². The molecule has 0 saturated heterocycles. The van der Waals surface area contributed by atoms with Crippen LogP contribution in [0.1, 0.15) is 65.6 Å². The number of nitrogens with zero attached hydrogens (tertiary/aromatic N) is 5. The molecule has 5 rings (SSSR count). The fourth-order valence-corrected chi connectivity index (χ4v) is 6.00. The van der Waals surface area contributed by atoms with Crippen LogP contribution < -0.4 is 10.6 Å². The number of hydrogen-bond acceptors (Lipinski definition) is 8. The number of aryl methyl sites for hydroxylation is 1. The van der Waals surface area contributed by atoms with Crippen LogP contribution in [0.3, 0.4) is 0 Å². The summed E-state index contributed by atoms with van der Waals surface area (Å²) >= 11 is 1.52. The molecule has 3 aromatic carbocycles. The number of unbranched alkanes of at least 4 members (excludes halogenated alkanes) is 2. The van der Waals surface area contributed by atoms with E-state index in [1.165, 1.54) is 30.0 Å². The Balaban J connectivity index is 1.48. The van der Waals surface area contributed by atoms with Gasteiger partial charge >= 0.3 is 132 Å². The SMILES string of the molecule is CCCCNc1ccc2c3c(ccc(-c4ccc(-c5nnc(C)nn5)cc4)c13)C(=O)N(CCNC(=O)CCC[CH2][Po])C2=O. The van der Waals surface area contributed by atoms with Crippen LogP contribution >= 0.6 is 0 Å². The Morgan fingerprint density at radius 2 is 1.44 bits per heavy atom. The van der Waals surface area contributed by atoms with Gasteiger partial charge in [0.1, 0.15) is 0 Å². The van der Waals surface area contributed by atoms with Gasteiger partial charge in [-0.3, -0.25) is 0 Å². The number of hydrogen-bond donors (Lipinski definition) is 2. The van der Waals surface area contributed by atoms with Gasteiger partial charge in [-0.2, -0.15) is 0 Å². The first-order valence-corrected chi connectivity index (χ1v) is 16.9. The first-order chi connectivity index (χ1) is 20.9. The topological polar surface area (TPSA) is 130 Å². The summed E-state index contributed by atoms with van der Waals surface area (Å²) in [4.78, 5) is 40.8. The number of carbonyl (C=O) groups is 3. The quantitative estimate of drug-likeness (QED) is 0.147. The minimum atomic E-state index is -0.352. The van der Waals surface area contributed by atoms with Crippen LogP contribution in [0.2, 0.25) is 4.08 Å². The number of aromatic nitrogens is 4. The molecule has 1 aliphatic rings.